The van der Waals surface area contributed by atoms with Gasteiger partial charge in [0.15, 0.2) is 0 Å². The number of aryl methyl sites for hydroxylation is 2. The lowest BCUT2D eigenvalue weighted by Crippen LogP contribution is -2.15. The summed E-state index contributed by atoms with van der Waals surface area (Å²) in [5, 5.41) is 6.17. The van der Waals surface area contributed by atoms with Crippen LogP contribution in [0.2, 0.25) is 0 Å². The SMILES string of the molecule is CCNc1ccc(C)cc1C(=O)Nc1ccc(Br)c(C)c1. The largest absolute Gasteiger partial charge is 0.385 e. The summed E-state index contributed by atoms with van der Waals surface area (Å²) < 4.78 is 1.03. The number of halogens is 1. The van der Waals surface area contributed by atoms with Gasteiger partial charge in [-0.3, -0.25) is 4.79 Å². The molecule has 21 heavy (non-hydrogen) atoms. The Morgan fingerprint density at radius 1 is 1.14 bits per heavy atom. The van der Waals surface area contributed by atoms with Gasteiger partial charge in [0, 0.05) is 22.4 Å². The van der Waals surface area contributed by atoms with Crippen molar-refractivity contribution in [3.63, 3.8) is 0 Å². The molecule has 0 unspecified atom stereocenters. The van der Waals surface area contributed by atoms with E-state index in [1.807, 2.05) is 57.2 Å². The smallest absolute Gasteiger partial charge is 0.257 e. The summed E-state index contributed by atoms with van der Waals surface area (Å²) in [6.07, 6.45) is 0. The molecule has 0 saturated carbocycles. The third-order valence-electron chi connectivity index (χ3n) is 3.20. The lowest BCUT2D eigenvalue weighted by molar-refractivity contribution is 0.102. The normalized spacial score (nSPS) is 10.3. The molecule has 2 aromatic carbocycles. The van der Waals surface area contributed by atoms with Crippen molar-refractivity contribution in [1.82, 2.24) is 0 Å². The number of rotatable bonds is 4. The van der Waals surface area contributed by atoms with Crippen molar-refractivity contribution in [3.8, 4) is 0 Å². The molecule has 0 atom stereocenters. The fourth-order valence-corrected chi connectivity index (χ4v) is 2.36. The van der Waals surface area contributed by atoms with Crippen LogP contribution in [-0.2, 0) is 0 Å². The van der Waals surface area contributed by atoms with Crippen LogP contribution in [0.25, 0.3) is 0 Å². The monoisotopic (exact) mass is 346 g/mol. The summed E-state index contributed by atoms with van der Waals surface area (Å²) in [7, 11) is 0. The highest BCUT2D eigenvalue weighted by Crippen LogP contribution is 2.22. The van der Waals surface area contributed by atoms with Crippen LogP contribution in [0.1, 0.15) is 28.4 Å². The van der Waals surface area contributed by atoms with Gasteiger partial charge in [-0.05, 0) is 56.7 Å². The van der Waals surface area contributed by atoms with Crippen molar-refractivity contribution in [1.29, 1.82) is 0 Å². The molecular formula is C17H19BrN2O. The first-order chi connectivity index (χ1) is 10.0. The van der Waals surface area contributed by atoms with E-state index in [1.165, 1.54) is 0 Å². The molecule has 110 valence electrons. The molecular weight excluding hydrogens is 328 g/mol. The van der Waals surface area contributed by atoms with Crippen LogP contribution in [0.3, 0.4) is 0 Å². The quantitative estimate of drug-likeness (QED) is 0.838. The van der Waals surface area contributed by atoms with E-state index in [0.717, 1.165) is 33.5 Å². The topological polar surface area (TPSA) is 41.1 Å². The molecule has 0 aliphatic carbocycles. The standard InChI is InChI=1S/C17H19BrN2O/c1-4-19-16-8-5-11(2)9-14(16)17(21)20-13-6-7-15(18)12(3)10-13/h5-10,19H,4H2,1-3H3,(H,20,21). The van der Waals surface area contributed by atoms with Gasteiger partial charge >= 0.3 is 0 Å². The van der Waals surface area contributed by atoms with Gasteiger partial charge in [-0.1, -0.05) is 27.6 Å². The average Bonchev–Trinajstić information content (AvgIpc) is 2.45. The van der Waals surface area contributed by atoms with Crippen molar-refractivity contribution in [3.05, 3.63) is 57.6 Å². The summed E-state index contributed by atoms with van der Waals surface area (Å²) in [4.78, 5) is 12.5. The fraction of sp³-hybridized carbons (Fsp3) is 0.235. The van der Waals surface area contributed by atoms with E-state index in [4.69, 9.17) is 0 Å². The maximum atomic E-state index is 12.5. The molecule has 0 aliphatic heterocycles. The molecule has 0 bridgehead atoms. The Kier molecular flexibility index (Phi) is 5.02. The van der Waals surface area contributed by atoms with E-state index in [0.29, 0.717) is 5.56 Å². The van der Waals surface area contributed by atoms with Gasteiger partial charge in [0.1, 0.15) is 0 Å². The van der Waals surface area contributed by atoms with Crippen LogP contribution < -0.4 is 10.6 Å². The molecule has 1 amide bonds. The zero-order valence-corrected chi connectivity index (χ0v) is 14.0. The molecule has 4 heteroatoms. The molecule has 3 nitrogen and oxygen atoms in total. The number of benzene rings is 2. The first kappa shape index (κ1) is 15.6. The summed E-state index contributed by atoms with van der Waals surface area (Å²) in [6, 6.07) is 11.6. The van der Waals surface area contributed by atoms with Crippen molar-refractivity contribution in [2.24, 2.45) is 0 Å². The molecule has 2 N–H and O–H groups in total. The Labute approximate surface area is 133 Å². The van der Waals surface area contributed by atoms with E-state index < -0.39 is 0 Å². The summed E-state index contributed by atoms with van der Waals surface area (Å²) in [5.41, 5.74) is 4.47. The zero-order chi connectivity index (χ0) is 15.4. The second-order valence-electron chi connectivity index (χ2n) is 5.00. The predicted molar refractivity (Wildman–Crippen MR) is 92.2 cm³/mol. The lowest BCUT2D eigenvalue weighted by Gasteiger charge is -2.12. The maximum Gasteiger partial charge on any atom is 0.257 e. The molecule has 0 fully saturated rings. The summed E-state index contributed by atoms with van der Waals surface area (Å²) in [6.45, 7) is 6.77. The van der Waals surface area contributed by atoms with Crippen LogP contribution in [0.4, 0.5) is 11.4 Å². The number of amides is 1. The Hall–Kier alpha value is -1.81. The number of hydrogen-bond acceptors (Lipinski definition) is 2. The highest BCUT2D eigenvalue weighted by molar-refractivity contribution is 9.10. The highest BCUT2D eigenvalue weighted by Gasteiger charge is 2.12. The Balaban J connectivity index is 2.27. The van der Waals surface area contributed by atoms with E-state index in [9.17, 15) is 4.79 Å². The van der Waals surface area contributed by atoms with Crippen LogP contribution in [0.5, 0.6) is 0 Å². The Morgan fingerprint density at radius 3 is 2.57 bits per heavy atom. The van der Waals surface area contributed by atoms with Crippen molar-refractivity contribution in [2.45, 2.75) is 20.8 Å². The minimum Gasteiger partial charge on any atom is -0.385 e. The van der Waals surface area contributed by atoms with Crippen molar-refractivity contribution < 1.29 is 4.79 Å². The van der Waals surface area contributed by atoms with Gasteiger partial charge in [-0.15, -0.1) is 0 Å². The third-order valence-corrected chi connectivity index (χ3v) is 4.09. The third kappa shape index (κ3) is 3.85. The number of nitrogens with one attached hydrogen (secondary N) is 2. The number of hydrogen-bond donors (Lipinski definition) is 2. The first-order valence-electron chi connectivity index (χ1n) is 6.93. The van der Waals surface area contributed by atoms with Gasteiger partial charge in [0.25, 0.3) is 5.91 Å². The fourth-order valence-electron chi connectivity index (χ4n) is 2.11. The Morgan fingerprint density at radius 2 is 1.90 bits per heavy atom. The Bertz CT molecular complexity index is 668. The van der Waals surface area contributed by atoms with Crippen LogP contribution in [0.15, 0.2) is 40.9 Å². The van der Waals surface area contributed by atoms with Crippen LogP contribution >= 0.6 is 15.9 Å². The molecule has 2 rings (SSSR count). The minimum atomic E-state index is -0.101. The van der Waals surface area contributed by atoms with Crippen molar-refractivity contribution >= 4 is 33.2 Å². The van der Waals surface area contributed by atoms with Crippen molar-refractivity contribution in [2.75, 3.05) is 17.2 Å². The predicted octanol–water partition coefficient (Wildman–Crippen LogP) is 4.75. The molecule has 0 spiro atoms. The van der Waals surface area contributed by atoms with E-state index in [-0.39, 0.29) is 5.91 Å². The van der Waals surface area contributed by atoms with Crippen LogP contribution in [-0.4, -0.2) is 12.5 Å². The maximum absolute atomic E-state index is 12.5. The number of carbonyl (C=O) groups is 1. The lowest BCUT2D eigenvalue weighted by atomic mass is 10.1. The van der Waals surface area contributed by atoms with Gasteiger partial charge in [0.2, 0.25) is 0 Å². The second-order valence-corrected chi connectivity index (χ2v) is 5.85. The average molecular weight is 347 g/mol. The minimum absolute atomic E-state index is 0.101. The van der Waals surface area contributed by atoms with E-state index in [1.54, 1.807) is 0 Å². The molecule has 0 saturated heterocycles. The van der Waals surface area contributed by atoms with E-state index >= 15 is 0 Å². The number of carbonyl (C=O) groups excluding carboxylic acids is 1. The summed E-state index contributed by atoms with van der Waals surface area (Å²) >= 11 is 3.46. The number of anilines is 2. The molecule has 2 aromatic rings. The van der Waals surface area contributed by atoms with Gasteiger partial charge < -0.3 is 10.6 Å². The van der Waals surface area contributed by atoms with E-state index in [2.05, 4.69) is 26.6 Å². The van der Waals surface area contributed by atoms with Gasteiger partial charge in [-0.2, -0.15) is 0 Å². The molecule has 0 aliphatic rings. The van der Waals surface area contributed by atoms with Gasteiger partial charge in [0.05, 0.1) is 5.56 Å². The highest BCUT2D eigenvalue weighted by atomic mass is 79.9. The first-order valence-corrected chi connectivity index (χ1v) is 7.72. The van der Waals surface area contributed by atoms with Crippen LogP contribution in [0, 0.1) is 13.8 Å². The summed E-state index contributed by atoms with van der Waals surface area (Å²) in [5.74, 6) is -0.101. The molecule has 0 radical (unpaired) electrons. The second kappa shape index (κ2) is 6.76. The zero-order valence-electron chi connectivity index (χ0n) is 12.5. The molecule has 0 heterocycles. The molecule has 0 aromatic heterocycles. The van der Waals surface area contributed by atoms with Gasteiger partial charge in [-0.25, -0.2) is 0 Å².